The van der Waals surface area contributed by atoms with Crippen LogP contribution in [0.25, 0.3) is 6.08 Å². The normalized spacial score (nSPS) is 10.7. The zero-order valence-corrected chi connectivity index (χ0v) is 15.4. The number of ketones is 1. The predicted octanol–water partition coefficient (Wildman–Crippen LogP) is 5.00. The minimum absolute atomic E-state index is 0.0635. The number of aromatic hydroxyl groups is 1. The lowest BCUT2D eigenvalue weighted by Gasteiger charge is -2.08. The second-order valence-electron chi connectivity index (χ2n) is 6.01. The maximum absolute atomic E-state index is 12.2. The van der Waals surface area contributed by atoms with Gasteiger partial charge in [-0.1, -0.05) is 12.1 Å². The van der Waals surface area contributed by atoms with E-state index in [2.05, 4.69) is 0 Å². The molecule has 146 valence electrons. The van der Waals surface area contributed by atoms with Gasteiger partial charge in [0.1, 0.15) is 17.2 Å². The molecule has 0 radical (unpaired) electrons. The van der Waals surface area contributed by atoms with E-state index in [1.54, 1.807) is 37.4 Å². The van der Waals surface area contributed by atoms with Crippen LogP contribution in [-0.4, -0.2) is 22.9 Å². The van der Waals surface area contributed by atoms with E-state index in [1.165, 1.54) is 48.6 Å². The molecule has 0 spiro atoms. The molecule has 0 aliphatic carbocycles. The van der Waals surface area contributed by atoms with Crippen molar-refractivity contribution in [2.75, 3.05) is 7.11 Å². The van der Waals surface area contributed by atoms with Crippen molar-refractivity contribution in [3.8, 4) is 23.0 Å². The Labute approximate surface area is 166 Å². The minimum Gasteiger partial charge on any atom is -0.508 e. The summed E-state index contributed by atoms with van der Waals surface area (Å²) in [6, 6.07) is 16.9. The number of hydrogen-bond donors (Lipinski definition) is 1. The number of phenols is 1. The van der Waals surface area contributed by atoms with Gasteiger partial charge in [0.25, 0.3) is 0 Å². The quantitative estimate of drug-likeness (QED) is 0.263. The second kappa shape index (κ2) is 8.71. The van der Waals surface area contributed by atoms with Crippen LogP contribution in [0.4, 0.5) is 5.69 Å². The molecule has 7 nitrogen and oxygen atoms in total. The summed E-state index contributed by atoms with van der Waals surface area (Å²) in [4.78, 5) is 23.1. The van der Waals surface area contributed by atoms with Gasteiger partial charge in [0.05, 0.1) is 12.0 Å². The average molecular weight is 391 g/mol. The molecule has 7 heteroatoms. The van der Waals surface area contributed by atoms with Crippen LogP contribution in [0.15, 0.2) is 72.8 Å². The van der Waals surface area contributed by atoms with E-state index in [9.17, 15) is 20.0 Å². The van der Waals surface area contributed by atoms with E-state index in [4.69, 9.17) is 9.47 Å². The number of ether oxygens (including phenoxy) is 2. The molecule has 0 amide bonds. The molecule has 0 aromatic heterocycles. The number of phenolic OH excluding ortho intramolecular Hbond substituents is 1. The van der Waals surface area contributed by atoms with Crippen molar-refractivity contribution in [1.29, 1.82) is 0 Å². The number of benzene rings is 3. The van der Waals surface area contributed by atoms with Gasteiger partial charge in [0.15, 0.2) is 5.78 Å². The van der Waals surface area contributed by atoms with Crippen molar-refractivity contribution in [3.63, 3.8) is 0 Å². The van der Waals surface area contributed by atoms with Gasteiger partial charge in [-0.25, -0.2) is 0 Å². The Morgan fingerprint density at radius 2 is 1.66 bits per heavy atom. The fourth-order valence-electron chi connectivity index (χ4n) is 2.53. The first-order valence-corrected chi connectivity index (χ1v) is 8.58. The van der Waals surface area contributed by atoms with Crippen LogP contribution in [-0.2, 0) is 0 Å². The van der Waals surface area contributed by atoms with Crippen LogP contribution >= 0.6 is 0 Å². The topological polar surface area (TPSA) is 98.9 Å². The predicted molar refractivity (Wildman–Crippen MR) is 108 cm³/mol. The Morgan fingerprint density at radius 3 is 2.28 bits per heavy atom. The molecule has 0 fully saturated rings. The number of carbonyl (C=O) groups excluding carboxylic acids is 1. The van der Waals surface area contributed by atoms with Crippen LogP contribution < -0.4 is 9.47 Å². The summed E-state index contributed by atoms with van der Waals surface area (Å²) in [6.07, 6.45) is 2.80. The first kappa shape index (κ1) is 19.6. The number of nitro groups is 1. The summed E-state index contributed by atoms with van der Waals surface area (Å²) in [7, 11) is 1.54. The number of methoxy groups -OCH3 is 1. The molecule has 0 aliphatic heterocycles. The van der Waals surface area contributed by atoms with Gasteiger partial charge in [-0.2, -0.15) is 0 Å². The average Bonchev–Trinajstić information content (AvgIpc) is 2.73. The number of carbonyl (C=O) groups is 1. The Balaban J connectivity index is 1.80. The van der Waals surface area contributed by atoms with Crippen LogP contribution in [0.1, 0.15) is 15.9 Å². The first-order valence-electron chi connectivity index (χ1n) is 8.58. The summed E-state index contributed by atoms with van der Waals surface area (Å²) < 4.78 is 10.7. The third-order valence-electron chi connectivity index (χ3n) is 4.05. The van der Waals surface area contributed by atoms with Crippen molar-refractivity contribution >= 4 is 17.5 Å². The fourth-order valence-corrected chi connectivity index (χ4v) is 2.53. The molecular weight excluding hydrogens is 374 g/mol. The second-order valence-corrected chi connectivity index (χ2v) is 6.01. The van der Waals surface area contributed by atoms with Crippen molar-refractivity contribution in [1.82, 2.24) is 0 Å². The molecule has 0 saturated carbocycles. The molecular formula is C22H17NO6. The highest BCUT2D eigenvalue weighted by Gasteiger charge is 2.16. The number of nitrogens with zero attached hydrogens (tertiary/aromatic N) is 1. The fraction of sp³-hybridized carbons (Fsp3) is 0.0455. The Bertz CT molecular complexity index is 1060. The molecule has 0 unspecified atom stereocenters. The van der Waals surface area contributed by atoms with Crippen LogP contribution in [0.5, 0.6) is 23.0 Å². The lowest BCUT2D eigenvalue weighted by Crippen LogP contribution is -1.95. The smallest absolute Gasteiger partial charge is 0.312 e. The lowest BCUT2D eigenvalue weighted by atomic mass is 10.1. The van der Waals surface area contributed by atoms with Crippen molar-refractivity contribution in [2.24, 2.45) is 0 Å². The molecule has 0 saturated heterocycles. The third kappa shape index (κ3) is 4.98. The molecule has 3 aromatic carbocycles. The molecule has 3 aromatic rings. The van der Waals surface area contributed by atoms with Gasteiger partial charge in [0, 0.05) is 11.6 Å². The Morgan fingerprint density at radius 1 is 1.00 bits per heavy atom. The molecule has 0 bridgehead atoms. The summed E-state index contributed by atoms with van der Waals surface area (Å²) in [6.45, 7) is 0. The Kier molecular flexibility index (Phi) is 5.89. The van der Waals surface area contributed by atoms with Crippen molar-refractivity contribution in [2.45, 2.75) is 0 Å². The lowest BCUT2D eigenvalue weighted by molar-refractivity contribution is -0.385. The van der Waals surface area contributed by atoms with Crippen molar-refractivity contribution < 1.29 is 24.3 Å². The molecule has 0 atom stereocenters. The summed E-state index contributed by atoms with van der Waals surface area (Å²) in [5.74, 6) is 0.937. The van der Waals surface area contributed by atoms with Gasteiger partial charge in [-0.05, 0) is 66.2 Å². The molecule has 29 heavy (non-hydrogen) atoms. The number of allylic oxidation sites excluding steroid dienone is 1. The minimum atomic E-state index is -0.544. The van der Waals surface area contributed by atoms with E-state index in [1.807, 2.05) is 0 Å². The number of hydrogen-bond acceptors (Lipinski definition) is 6. The summed E-state index contributed by atoms with van der Waals surface area (Å²) >= 11 is 0. The van der Waals surface area contributed by atoms with Gasteiger partial charge >= 0.3 is 5.69 Å². The zero-order valence-electron chi connectivity index (χ0n) is 15.4. The molecule has 3 rings (SSSR count). The molecule has 1 N–H and O–H groups in total. The maximum Gasteiger partial charge on any atom is 0.312 e. The van der Waals surface area contributed by atoms with E-state index in [0.29, 0.717) is 22.6 Å². The van der Waals surface area contributed by atoms with Crippen LogP contribution in [0, 0.1) is 10.1 Å². The highest BCUT2D eigenvalue weighted by Crippen LogP contribution is 2.33. The van der Waals surface area contributed by atoms with Crippen LogP contribution in [0.3, 0.4) is 0 Å². The highest BCUT2D eigenvalue weighted by molar-refractivity contribution is 6.06. The van der Waals surface area contributed by atoms with Gasteiger partial charge < -0.3 is 14.6 Å². The van der Waals surface area contributed by atoms with E-state index >= 15 is 0 Å². The Hall–Kier alpha value is -4.13. The number of nitro benzene ring substituents is 1. The zero-order chi connectivity index (χ0) is 20.8. The summed E-state index contributed by atoms with van der Waals surface area (Å²) in [5, 5.41) is 20.7. The standard InChI is InChI=1S/C22H17NO6/c1-28-18-8-10-19(11-9-18)29-22-13-3-15(14-20(22)23(26)27)2-12-21(25)16-4-6-17(24)7-5-16/h2-14,24H,1H3/b12-2+. The van der Waals surface area contributed by atoms with Crippen LogP contribution in [0.2, 0.25) is 0 Å². The molecule has 0 heterocycles. The van der Waals surface area contributed by atoms with Gasteiger partial charge in [0.2, 0.25) is 5.75 Å². The number of rotatable bonds is 7. The summed E-state index contributed by atoms with van der Waals surface area (Å²) in [5.41, 5.74) is 0.652. The molecule has 0 aliphatic rings. The van der Waals surface area contributed by atoms with E-state index in [0.717, 1.165) is 0 Å². The van der Waals surface area contributed by atoms with Gasteiger partial charge in [-0.3, -0.25) is 14.9 Å². The van der Waals surface area contributed by atoms with Crippen molar-refractivity contribution in [3.05, 3.63) is 94.0 Å². The SMILES string of the molecule is COc1ccc(Oc2ccc(/C=C/C(=O)c3ccc(O)cc3)cc2[N+](=O)[O-])cc1. The van der Waals surface area contributed by atoms with E-state index in [-0.39, 0.29) is 23.0 Å². The first-order chi connectivity index (χ1) is 14.0. The largest absolute Gasteiger partial charge is 0.508 e. The highest BCUT2D eigenvalue weighted by atomic mass is 16.6. The van der Waals surface area contributed by atoms with Gasteiger partial charge in [-0.15, -0.1) is 0 Å². The van der Waals surface area contributed by atoms with E-state index < -0.39 is 4.92 Å². The third-order valence-corrected chi connectivity index (χ3v) is 4.05. The monoisotopic (exact) mass is 391 g/mol. The maximum atomic E-state index is 12.2.